The lowest BCUT2D eigenvalue weighted by molar-refractivity contribution is -0.385. The molecule has 44 heavy (non-hydrogen) atoms. The topological polar surface area (TPSA) is 201 Å². The Labute approximate surface area is 258 Å². The number of nitrogens with zero attached hydrogens (tertiary/aromatic N) is 3. The molecule has 0 saturated carbocycles. The maximum atomic E-state index is 10.7. The van der Waals surface area contributed by atoms with Gasteiger partial charge < -0.3 is 15.1 Å². The number of carbonyl (C=O) groups is 1. The van der Waals surface area contributed by atoms with Crippen LogP contribution >= 0.6 is 12.4 Å². The first-order chi connectivity index (χ1) is 20.5. The van der Waals surface area contributed by atoms with Crippen molar-refractivity contribution < 1.29 is 34.5 Å². The molecule has 4 aromatic carbocycles. The minimum atomic E-state index is -0.451. The van der Waals surface area contributed by atoms with Crippen LogP contribution in [0.1, 0.15) is 40.9 Å². The van der Waals surface area contributed by atoms with E-state index in [1.54, 1.807) is 61.5 Å². The van der Waals surface area contributed by atoms with E-state index in [0.717, 1.165) is 16.7 Å². The molecule has 13 nitrogen and oxygen atoms in total. The zero-order valence-electron chi connectivity index (χ0n) is 23.7. The third kappa shape index (κ3) is 13.1. The number of nitro groups is 2. The van der Waals surface area contributed by atoms with Gasteiger partial charge >= 0.3 is 0 Å². The Balaban J connectivity index is 0.000000358. The molecule has 4 N–H and O–H groups in total. The number of carbonyl (C=O) groups excluding carboxylic acids is 1. The van der Waals surface area contributed by atoms with Crippen LogP contribution in [0.5, 0.6) is 11.5 Å². The number of phenols is 2. The van der Waals surface area contributed by atoms with Gasteiger partial charge in [-0.05, 0) is 73.5 Å². The summed E-state index contributed by atoms with van der Waals surface area (Å²) in [5, 5.41) is 43.0. The minimum absolute atomic E-state index is 0. The minimum Gasteiger partial charge on any atom is -0.508 e. The van der Waals surface area contributed by atoms with Crippen LogP contribution < -0.4 is 5.90 Å². The number of aromatic hydroxyl groups is 2. The van der Waals surface area contributed by atoms with Crippen molar-refractivity contribution in [3.8, 4) is 11.5 Å². The zero-order chi connectivity index (χ0) is 31.8. The number of non-ortho nitro benzene ring substituents is 2. The van der Waals surface area contributed by atoms with Crippen LogP contribution in [-0.4, -0.2) is 31.6 Å². The van der Waals surface area contributed by atoms with Crippen molar-refractivity contribution >= 4 is 35.3 Å². The lowest BCUT2D eigenvalue weighted by atomic mass is 10.1. The molecule has 0 aliphatic heterocycles. The summed E-state index contributed by atoms with van der Waals surface area (Å²) in [5.74, 6) is 5.09. The molecule has 4 rings (SSSR count). The first-order valence-electron chi connectivity index (χ1n) is 12.5. The highest BCUT2D eigenvalue weighted by molar-refractivity contribution is 5.98. The van der Waals surface area contributed by atoms with E-state index in [2.05, 4.69) is 9.99 Å². The van der Waals surface area contributed by atoms with Crippen LogP contribution in [0.4, 0.5) is 11.4 Å². The van der Waals surface area contributed by atoms with Gasteiger partial charge in [-0.3, -0.25) is 29.9 Å². The van der Waals surface area contributed by atoms with Crippen LogP contribution in [0.25, 0.3) is 0 Å². The number of hydrogen-bond donors (Lipinski definition) is 3. The molecular formula is C30H31ClN4O9. The highest BCUT2D eigenvalue weighted by Gasteiger charge is 2.05. The van der Waals surface area contributed by atoms with Gasteiger partial charge in [-0.1, -0.05) is 29.4 Å². The van der Waals surface area contributed by atoms with E-state index >= 15 is 0 Å². The fraction of sp³-hybridized carbons (Fsp3) is 0.133. The predicted molar refractivity (Wildman–Crippen MR) is 166 cm³/mol. The van der Waals surface area contributed by atoms with Gasteiger partial charge in [-0.25, -0.2) is 5.90 Å². The summed E-state index contributed by atoms with van der Waals surface area (Å²) in [6.45, 7) is 3.71. The van der Waals surface area contributed by atoms with Gasteiger partial charge in [-0.2, -0.15) is 0 Å². The molecule has 0 radical (unpaired) electrons. The van der Waals surface area contributed by atoms with Crippen LogP contribution in [0.3, 0.4) is 0 Å². The van der Waals surface area contributed by atoms with Crippen LogP contribution in [0.15, 0.2) is 102 Å². The van der Waals surface area contributed by atoms with E-state index in [1.807, 2.05) is 6.07 Å². The molecule has 14 heteroatoms. The number of Topliss-reactive ketones (excluding diaryl/α,β-unsaturated/α-hetero) is 1. The predicted octanol–water partition coefficient (Wildman–Crippen LogP) is 6.24. The zero-order valence-corrected chi connectivity index (χ0v) is 24.5. The van der Waals surface area contributed by atoms with Gasteiger partial charge in [0.2, 0.25) is 0 Å². The maximum absolute atomic E-state index is 10.7. The molecular weight excluding hydrogens is 596 g/mol. The van der Waals surface area contributed by atoms with E-state index in [0.29, 0.717) is 11.3 Å². The molecule has 0 aliphatic carbocycles. The number of oxime groups is 1. The summed E-state index contributed by atoms with van der Waals surface area (Å²) in [6, 6.07) is 25.1. The number of ketones is 1. The largest absolute Gasteiger partial charge is 0.508 e. The molecule has 0 aliphatic rings. The summed E-state index contributed by atoms with van der Waals surface area (Å²) < 4.78 is 0. The van der Waals surface area contributed by atoms with E-state index in [1.165, 1.54) is 43.3 Å². The average molecular weight is 627 g/mol. The highest BCUT2D eigenvalue weighted by atomic mass is 35.5. The monoisotopic (exact) mass is 626 g/mol. The molecule has 0 amide bonds. The number of rotatable bonds is 9. The molecule has 0 atom stereocenters. The second kappa shape index (κ2) is 18.9. The van der Waals surface area contributed by atoms with Crippen molar-refractivity contribution in [1.82, 2.24) is 0 Å². The van der Waals surface area contributed by atoms with Crippen molar-refractivity contribution in [2.75, 3.05) is 0 Å². The van der Waals surface area contributed by atoms with Crippen molar-refractivity contribution in [2.45, 2.75) is 27.1 Å². The van der Waals surface area contributed by atoms with Gasteiger partial charge in [0.1, 0.15) is 18.1 Å². The second-order valence-corrected chi connectivity index (χ2v) is 8.77. The maximum Gasteiger partial charge on any atom is 0.269 e. The number of hydrogen-bond acceptors (Lipinski definition) is 11. The standard InChI is InChI=1S/C15H14N2O4.C8H8O2.C7H8N2O3.ClH/c1-11(13-3-2-4-15(18)9-13)16-21-10-12-5-7-14(8-6-12)17(19)20;1-6(9)7-3-2-4-8(10)5-7;8-12-5-6-1-3-7(4-2-6)9(10)11;/h2-9,18H,10H2,1H3;2-5,10H,1H3;1-4H,5,8H2;1H/b16-11+;;;. The molecule has 0 unspecified atom stereocenters. The van der Waals surface area contributed by atoms with Crippen molar-refractivity contribution in [2.24, 2.45) is 11.1 Å². The number of phenolic OH excluding ortho intramolecular Hbond substituents is 2. The quantitative estimate of drug-likeness (QED) is 0.0825. The van der Waals surface area contributed by atoms with E-state index in [4.69, 9.17) is 15.8 Å². The molecule has 0 saturated heterocycles. The Morgan fingerprint density at radius 2 is 1.18 bits per heavy atom. The summed E-state index contributed by atoms with van der Waals surface area (Å²) in [5.41, 5.74) is 3.64. The van der Waals surface area contributed by atoms with Gasteiger partial charge in [0.15, 0.2) is 5.78 Å². The third-order valence-electron chi connectivity index (χ3n) is 5.49. The van der Waals surface area contributed by atoms with Gasteiger partial charge in [0.25, 0.3) is 11.4 Å². The molecule has 0 fully saturated rings. The number of halogens is 1. The fourth-order valence-electron chi connectivity index (χ4n) is 3.24. The molecule has 4 aromatic rings. The van der Waals surface area contributed by atoms with Crippen LogP contribution in [-0.2, 0) is 22.9 Å². The Morgan fingerprint density at radius 3 is 1.57 bits per heavy atom. The summed E-state index contributed by atoms with van der Waals surface area (Å²) in [7, 11) is 0. The third-order valence-corrected chi connectivity index (χ3v) is 5.49. The Kier molecular flexibility index (Phi) is 15.8. The summed E-state index contributed by atoms with van der Waals surface area (Å²) in [6.07, 6.45) is 0. The fourth-order valence-corrected chi connectivity index (χ4v) is 3.24. The van der Waals surface area contributed by atoms with E-state index in [9.17, 15) is 30.1 Å². The molecule has 0 spiro atoms. The smallest absolute Gasteiger partial charge is 0.269 e. The lowest BCUT2D eigenvalue weighted by Gasteiger charge is -2.03. The Bertz CT molecular complexity index is 1550. The van der Waals surface area contributed by atoms with Crippen molar-refractivity contribution in [3.63, 3.8) is 0 Å². The first kappa shape index (κ1) is 36.7. The van der Waals surface area contributed by atoms with Crippen molar-refractivity contribution in [3.05, 3.63) is 140 Å². The molecule has 232 valence electrons. The Hall–Kier alpha value is -5.37. The number of nitro benzene ring substituents is 2. The molecule has 0 aromatic heterocycles. The highest BCUT2D eigenvalue weighted by Crippen LogP contribution is 2.15. The normalized spacial score (nSPS) is 10.1. The SMILES string of the molecule is C/C(=N\OCc1ccc([N+](=O)[O-])cc1)c1cccc(O)c1.CC(=O)c1cccc(O)c1.Cl.NOCc1ccc([N+](=O)[O-])cc1. The van der Waals surface area contributed by atoms with Crippen LogP contribution in [0, 0.1) is 20.2 Å². The molecule has 0 bridgehead atoms. The number of benzene rings is 4. The average Bonchev–Trinajstić information content (AvgIpc) is 2.98. The van der Waals surface area contributed by atoms with E-state index in [-0.39, 0.29) is 54.3 Å². The first-order valence-corrected chi connectivity index (χ1v) is 12.5. The van der Waals surface area contributed by atoms with Gasteiger partial charge in [-0.15, -0.1) is 12.4 Å². The van der Waals surface area contributed by atoms with Gasteiger partial charge in [0, 0.05) is 35.4 Å². The second-order valence-electron chi connectivity index (χ2n) is 8.77. The van der Waals surface area contributed by atoms with E-state index < -0.39 is 9.85 Å². The summed E-state index contributed by atoms with van der Waals surface area (Å²) in [4.78, 5) is 40.1. The lowest BCUT2D eigenvalue weighted by Crippen LogP contribution is -1.98. The van der Waals surface area contributed by atoms with Gasteiger partial charge in [0.05, 0.1) is 22.2 Å². The molecule has 0 heterocycles. The van der Waals surface area contributed by atoms with Crippen LogP contribution in [0.2, 0.25) is 0 Å². The van der Waals surface area contributed by atoms with Crippen molar-refractivity contribution in [1.29, 1.82) is 0 Å². The number of nitrogens with two attached hydrogens (primary N) is 1. The Morgan fingerprint density at radius 1 is 0.750 bits per heavy atom. The summed E-state index contributed by atoms with van der Waals surface area (Å²) >= 11 is 0.